The van der Waals surface area contributed by atoms with Crippen LogP contribution in [0.2, 0.25) is 0 Å². The molecule has 1 unspecified atom stereocenters. The Hall–Kier alpha value is -2.12. The van der Waals surface area contributed by atoms with Crippen LogP contribution in [0.3, 0.4) is 0 Å². The Labute approximate surface area is 159 Å². The Morgan fingerprint density at radius 2 is 2.15 bits per heavy atom. The molecule has 7 nitrogen and oxygen atoms in total. The van der Waals surface area contributed by atoms with Crippen molar-refractivity contribution in [1.82, 2.24) is 20.4 Å². The normalized spacial score (nSPS) is 16.8. The van der Waals surface area contributed by atoms with Gasteiger partial charge in [-0.15, -0.1) is 12.4 Å². The molecule has 0 radical (unpaired) electrons. The van der Waals surface area contributed by atoms with E-state index in [1.165, 1.54) is 0 Å². The standard InChI is InChI=1S/C18H24N4O3.ClH/c1-13-12-19-10-11-22(13)17(23)5-3-4-16-20-18(21-25-16)14-6-8-15(24-2)9-7-14;/h6-9,13,19H,3-5,10-12H2,1-2H3;1H. The van der Waals surface area contributed by atoms with E-state index in [4.69, 9.17) is 9.26 Å². The van der Waals surface area contributed by atoms with Gasteiger partial charge in [-0.25, -0.2) is 0 Å². The number of carbonyl (C=O) groups is 1. The molecule has 1 aromatic carbocycles. The topological polar surface area (TPSA) is 80.5 Å². The van der Waals surface area contributed by atoms with Gasteiger partial charge in [0.25, 0.3) is 0 Å². The van der Waals surface area contributed by atoms with Crippen molar-refractivity contribution in [2.45, 2.75) is 32.2 Å². The number of rotatable bonds is 6. The van der Waals surface area contributed by atoms with Crippen LogP contribution in [0.5, 0.6) is 5.75 Å². The molecule has 26 heavy (non-hydrogen) atoms. The lowest BCUT2D eigenvalue weighted by Crippen LogP contribution is -2.52. The number of ether oxygens (including phenoxy) is 1. The molecule has 142 valence electrons. The Kier molecular flexibility index (Phi) is 7.41. The molecule has 1 atom stereocenters. The number of nitrogens with one attached hydrogen (secondary N) is 1. The van der Waals surface area contributed by atoms with Crippen molar-refractivity contribution in [3.8, 4) is 17.1 Å². The molecule has 0 bridgehead atoms. The fourth-order valence-electron chi connectivity index (χ4n) is 2.96. The van der Waals surface area contributed by atoms with Crippen molar-refractivity contribution >= 4 is 18.3 Å². The molecule has 2 heterocycles. The number of methoxy groups -OCH3 is 1. The summed E-state index contributed by atoms with van der Waals surface area (Å²) in [6, 6.07) is 7.76. The predicted molar refractivity (Wildman–Crippen MR) is 101 cm³/mol. The van der Waals surface area contributed by atoms with Crippen molar-refractivity contribution < 1.29 is 14.1 Å². The van der Waals surface area contributed by atoms with E-state index in [1.54, 1.807) is 7.11 Å². The van der Waals surface area contributed by atoms with Crippen molar-refractivity contribution in [2.24, 2.45) is 0 Å². The number of aryl methyl sites for hydroxylation is 1. The average molecular weight is 381 g/mol. The molecule has 0 aliphatic carbocycles. The number of benzene rings is 1. The molecule has 2 aromatic rings. The Morgan fingerprint density at radius 1 is 1.38 bits per heavy atom. The van der Waals surface area contributed by atoms with Crippen molar-refractivity contribution in [2.75, 3.05) is 26.7 Å². The van der Waals surface area contributed by atoms with Gasteiger partial charge in [0, 0.05) is 44.1 Å². The lowest BCUT2D eigenvalue weighted by molar-refractivity contribution is -0.134. The van der Waals surface area contributed by atoms with Gasteiger partial charge >= 0.3 is 0 Å². The first-order valence-electron chi connectivity index (χ1n) is 8.64. The van der Waals surface area contributed by atoms with Crippen molar-refractivity contribution in [3.05, 3.63) is 30.2 Å². The fourth-order valence-corrected chi connectivity index (χ4v) is 2.96. The predicted octanol–water partition coefficient (Wildman–Crippen LogP) is 2.31. The van der Waals surface area contributed by atoms with E-state index in [-0.39, 0.29) is 24.4 Å². The number of aromatic nitrogens is 2. The zero-order valence-electron chi connectivity index (χ0n) is 15.1. The summed E-state index contributed by atoms with van der Waals surface area (Å²) in [4.78, 5) is 18.7. The fraction of sp³-hybridized carbons (Fsp3) is 0.500. The summed E-state index contributed by atoms with van der Waals surface area (Å²) < 4.78 is 10.4. The van der Waals surface area contributed by atoms with E-state index in [2.05, 4.69) is 22.4 Å². The highest BCUT2D eigenvalue weighted by Crippen LogP contribution is 2.20. The number of hydrogen-bond acceptors (Lipinski definition) is 6. The molecule has 1 amide bonds. The van der Waals surface area contributed by atoms with Gasteiger partial charge in [0.15, 0.2) is 0 Å². The van der Waals surface area contributed by atoms with E-state index in [1.807, 2.05) is 29.2 Å². The van der Waals surface area contributed by atoms with Crippen LogP contribution in [0.15, 0.2) is 28.8 Å². The van der Waals surface area contributed by atoms with Gasteiger partial charge in [0.05, 0.1) is 7.11 Å². The molecular weight excluding hydrogens is 356 g/mol. The lowest BCUT2D eigenvalue weighted by atomic mass is 10.1. The number of carbonyl (C=O) groups excluding carboxylic acids is 1. The molecular formula is C18H25ClN4O3. The molecule has 0 saturated carbocycles. The molecule has 1 saturated heterocycles. The minimum atomic E-state index is 0. The smallest absolute Gasteiger partial charge is 0.226 e. The summed E-state index contributed by atoms with van der Waals surface area (Å²) in [6.45, 7) is 4.58. The molecule has 1 aromatic heterocycles. The quantitative estimate of drug-likeness (QED) is 0.828. The van der Waals surface area contributed by atoms with E-state index in [9.17, 15) is 4.79 Å². The number of hydrogen-bond donors (Lipinski definition) is 1. The maximum absolute atomic E-state index is 12.3. The molecule has 1 aliphatic rings. The monoisotopic (exact) mass is 380 g/mol. The van der Waals surface area contributed by atoms with E-state index in [0.29, 0.717) is 31.0 Å². The van der Waals surface area contributed by atoms with E-state index < -0.39 is 0 Å². The van der Waals surface area contributed by atoms with Crippen LogP contribution < -0.4 is 10.1 Å². The van der Waals surface area contributed by atoms with Gasteiger partial charge in [-0.1, -0.05) is 5.16 Å². The third-order valence-corrected chi connectivity index (χ3v) is 4.42. The Balaban J connectivity index is 0.00000243. The number of piperazine rings is 1. The first-order valence-corrected chi connectivity index (χ1v) is 8.64. The molecule has 0 spiro atoms. The third kappa shape index (κ3) is 4.95. The van der Waals surface area contributed by atoms with Crippen molar-refractivity contribution in [3.63, 3.8) is 0 Å². The molecule has 3 rings (SSSR count). The van der Waals surface area contributed by atoms with E-state index >= 15 is 0 Å². The van der Waals surface area contributed by atoms with Gasteiger partial charge in [0.1, 0.15) is 5.75 Å². The van der Waals surface area contributed by atoms with Gasteiger partial charge < -0.3 is 19.5 Å². The zero-order valence-corrected chi connectivity index (χ0v) is 15.9. The van der Waals surface area contributed by atoms with Crippen molar-refractivity contribution in [1.29, 1.82) is 0 Å². The highest BCUT2D eigenvalue weighted by molar-refractivity contribution is 5.85. The van der Waals surface area contributed by atoms with E-state index in [0.717, 1.165) is 30.9 Å². The lowest BCUT2D eigenvalue weighted by Gasteiger charge is -2.34. The summed E-state index contributed by atoms with van der Waals surface area (Å²) in [5.41, 5.74) is 0.876. The van der Waals surface area contributed by atoms with Crippen LogP contribution in [-0.4, -0.2) is 53.7 Å². The maximum atomic E-state index is 12.3. The Bertz CT molecular complexity index is 705. The van der Waals surface area contributed by atoms with Crippen LogP contribution in [0.1, 0.15) is 25.7 Å². The van der Waals surface area contributed by atoms with Crippen LogP contribution in [0, 0.1) is 0 Å². The number of halogens is 1. The first kappa shape index (κ1) is 20.2. The zero-order chi connectivity index (χ0) is 17.6. The maximum Gasteiger partial charge on any atom is 0.226 e. The first-order chi connectivity index (χ1) is 12.2. The minimum Gasteiger partial charge on any atom is -0.497 e. The summed E-state index contributed by atoms with van der Waals surface area (Å²) in [5.74, 6) is 2.10. The largest absolute Gasteiger partial charge is 0.497 e. The van der Waals surface area contributed by atoms with Gasteiger partial charge in [-0.05, 0) is 37.6 Å². The second kappa shape index (κ2) is 9.54. The van der Waals surface area contributed by atoms with Gasteiger partial charge in [-0.3, -0.25) is 4.79 Å². The average Bonchev–Trinajstić information content (AvgIpc) is 3.11. The summed E-state index contributed by atoms with van der Waals surface area (Å²) >= 11 is 0. The van der Waals surface area contributed by atoms with Gasteiger partial charge in [0.2, 0.25) is 17.6 Å². The second-order valence-electron chi connectivity index (χ2n) is 6.23. The molecule has 1 fully saturated rings. The van der Waals surface area contributed by atoms with Crippen LogP contribution in [0.25, 0.3) is 11.4 Å². The summed E-state index contributed by atoms with van der Waals surface area (Å²) in [5, 5.41) is 7.30. The highest BCUT2D eigenvalue weighted by atomic mass is 35.5. The summed E-state index contributed by atoms with van der Waals surface area (Å²) in [6.07, 6.45) is 1.82. The minimum absolute atomic E-state index is 0. The van der Waals surface area contributed by atoms with Crippen LogP contribution >= 0.6 is 12.4 Å². The summed E-state index contributed by atoms with van der Waals surface area (Å²) in [7, 11) is 1.63. The molecule has 1 aliphatic heterocycles. The SMILES string of the molecule is COc1ccc(-c2noc(CCCC(=O)N3CCNCC3C)n2)cc1.Cl. The van der Waals surface area contributed by atoms with Crippen LogP contribution in [0.4, 0.5) is 0 Å². The molecule has 1 N–H and O–H groups in total. The number of nitrogens with zero attached hydrogens (tertiary/aromatic N) is 3. The van der Waals surface area contributed by atoms with Crippen LogP contribution in [-0.2, 0) is 11.2 Å². The second-order valence-corrected chi connectivity index (χ2v) is 6.23. The third-order valence-electron chi connectivity index (χ3n) is 4.42. The highest BCUT2D eigenvalue weighted by Gasteiger charge is 2.22. The number of amides is 1. The molecule has 8 heteroatoms. The van der Waals surface area contributed by atoms with Gasteiger partial charge in [-0.2, -0.15) is 4.98 Å². The Morgan fingerprint density at radius 3 is 2.85 bits per heavy atom.